The number of carbonyl (C=O) groups is 1. The molecule has 1 N–H and O–H groups in total. The summed E-state index contributed by atoms with van der Waals surface area (Å²) in [7, 11) is 0. The number of rotatable bonds is 4. The van der Waals surface area contributed by atoms with Gasteiger partial charge < -0.3 is 5.32 Å². The van der Waals surface area contributed by atoms with E-state index >= 15 is 0 Å². The number of para-hydroxylation sites is 1. The van der Waals surface area contributed by atoms with Gasteiger partial charge in [0.2, 0.25) is 5.91 Å². The average molecular weight is 475 g/mol. The van der Waals surface area contributed by atoms with Crippen molar-refractivity contribution < 1.29 is 4.79 Å². The molecule has 0 atom stereocenters. The largest absolute Gasteiger partial charge is 0.323 e. The molecule has 0 saturated carbocycles. The van der Waals surface area contributed by atoms with Gasteiger partial charge in [-0.2, -0.15) is 0 Å². The molecule has 2 heterocycles. The molecule has 2 aromatic heterocycles. The lowest BCUT2D eigenvalue weighted by atomic mass is 10.1. The number of amides is 1. The monoisotopic (exact) mass is 473 g/mol. The van der Waals surface area contributed by atoms with Gasteiger partial charge in [0.05, 0.1) is 22.4 Å². The number of benzene rings is 2. The molecule has 0 aliphatic carbocycles. The summed E-state index contributed by atoms with van der Waals surface area (Å²) in [6, 6.07) is 14.7. The zero-order valence-corrected chi connectivity index (χ0v) is 17.5. The van der Waals surface area contributed by atoms with Crippen LogP contribution >= 0.6 is 38.9 Å². The maximum absolute atomic E-state index is 13.0. The molecular formula is C20H13BrClN3O2S. The average Bonchev–Trinajstić information content (AvgIpc) is 3.11. The third-order valence-electron chi connectivity index (χ3n) is 4.18. The lowest BCUT2D eigenvalue weighted by Crippen LogP contribution is -2.27. The minimum absolute atomic E-state index is 0.150. The Morgan fingerprint density at radius 1 is 1.18 bits per heavy atom. The van der Waals surface area contributed by atoms with Crippen molar-refractivity contribution in [1.82, 2.24) is 9.55 Å². The van der Waals surface area contributed by atoms with E-state index < -0.39 is 0 Å². The van der Waals surface area contributed by atoms with Crippen molar-refractivity contribution in [2.45, 2.75) is 6.54 Å². The molecular weight excluding hydrogens is 462 g/mol. The van der Waals surface area contributed by atoms with Gasteiger partial charge in [-0.3, -0.25) is 14.2 Å². The summed E-state index contributed by atoms with van der Waals surface area (Å²) in [4.78, 5) is 30.4. The highest BCUT2D eigenvalue weighted by Gasteiger charge is 2.15. The van der Waals surface area contributed by atoms with Gasteiger partial charge in [0.1, 0.15) is 11.4 Å². The summed E-state index contributed by atoms with van der Waals surface area (Å²) >= 11 is 10.9. The van der Waals surface area contributed by atoms with Crippen molar-refractivity contribution in [2.24, 2.45) is 0 Å². The number of aromatic nitrogens is 2. The molecule has 4 aromatic rings. The first-order valence-corrected chi connectivity index (χ1v) is 10.3. The Morgan fingerprint density at radius 3 is 2.68 bits per heavy atom. The second kappa shape index (κ2) is 7.87. The van der Waals surface area contributed by atoms with Gasteiger partial charge in [-0.1, -0.05) is 51.8 Å². The number of nitrogens with zero attached hydrogens (tertiary/aromatic N) is 2. The second-order valence-corrected chi connectivity index (χ2v) is 8.22. The second-order valence-electron chi connectivity index (χ2n) is 6.04. The molecule has 5 nitrogen and oxygen atoms in total. The van der Waals surface area contributed by atoms with Crippen molar-refractivity contribution in [1.29, 1.82) is 0 Å². The predicted octanol–water partition coefficient (Wildman–Crippen LogP) is 5.18. The van der Waals surface area contributed by atoms with Crippen LogP contribution in [0.4, 0.5) is 5.69 Å². The van der Waals surface area contributed by atoms with Crippen molar-refractivity contribution in [2.75, 3.05) is 5.32 Å². The number of fused-ring (bicyclic) bond motifs is 1. The summed E-state index contributed by atoms with van der Waals surface area (Å²) in [5.41, 5.74) is 1.98. The number of nitrogens with one attached hydrogen (secondary N) is 1. The van der Waals surface area contributed by atoms with Crippen LogP contribution in [0.5, 0.6) is 0 Å². The van der Waals surface area contributed by atoms with Crippen LogP contribution in [0.3, 0.4) is 0 Å². The lowest BCUT2D eigenvalue weighted by molar-refractivity contribution is -0.116. The Morgan fingerprint density at radius 2 is 1.93 bits per heavy atom. The molecule has 0 aliphatic heterocycles. The van der Waals surface area contributed by atoms with Gasteiger partial charge in [0, 0.05) is 15.4 Å². The fraction of sp³-hybridized carbons (Fsp3) is 0.0500. The number of anilines is 1. The van der Waals surface area contributed by atoms with Gasteiger partial charge in [0.25, 0.3) is 5.56 Å². The van der Waals surface area contributed by atoms with Crippen LogP contribution in [0.1, 0.15) is 0 Å². The van der Waals surface area contributed by atoms with Crippen LogP contribution in [-0.4, -0.2) is 15.5 Å². The summed E-state index contributed by atoms with van der Waals surface area (Å²) in [5.74, 6) is -0.350. The highest BCUT2D eigenvalue weighted by atomic mass is 79.9. The Labute approximate surface area is 177 Å². The molecule has 140 valence electrons. The lowest BCUT2D eigenvalue weighted by Gasteiger charge is -2.09. The first-order chi connectivity index (χ1) is 13.5. The first-order valence-electron chi connectivity index (χ1n) is 8.30. The first kappa shape index (κ1) is 18.9. The molecule has 28 heavy (non-hydrogen) atoms. The van der Waals surface area contributed by atoms with Crippen molar-refractivity contribution in [3.63, 3.8) is 0 Å². The minimum atomic E-state index is -0.350. The van der Waals surface area contributed by atoms with E-state index in [1.54, 1.807) is 24.3 Å². The van der Waals surface area contributed by atoms with E-state index in [1.807, 2.05) is 29.6 Å². The van der Waals surface area contributed by atoms with Crippen LogP contribution in [0.2, 0.25) is 5.02 Å². The van der Waals surface area contributed by atoms with Crippen molar-refractivity contribution in [3.05, 3.63) is 80.1 Å². The fourth-order valence-corrected chi connectivity index (χ4v) is 4.18. The molecule has 1 amide bonds. The van der Waals surface area contributed by atoms with E-state index in [0.29, 0.717) is 20.9 Å². The third-order valence-corrected chi connectivity index (χ3v) is 5.92. The molecule has 0 spiro atoms. The van der Waals surface area contributed by atoms with E-state index in [4.69, 9.17) is 11.6 Å². The van der Waals surface area contributed by atoms with Crippen LogP contribution < -0.4 is 10.9 Å². The topological polar surface area (TPSA) is 64.0 Å². The van der Waals surface area contributed by atoms with Gasteiger partial charge in [-0.05, 0) is 29.8 Å². The number of hydrogen-bond donors (Lipinski definition) is 1. The molecule has 2 aromatic carbocycles. The Balaban J connectivity index is 1.67. The highest BCUT2D eigenvalue weighted by molar-refractivity contribution is 9.10. The summed E-state index contributed by atoms with van der Waals surface area (Å²) in [5, 5.41) is 5.58. The Hall–Kier alpha value is -2.48. The highest BCUT2D eigenvalue weighted by Crippen LogP contribution is 2.31. The number of carbonyl (C=O) groups excluding carboxylic acids is 1. The smallest absolute Gasteiger partial charge is 0.263 e. The molecule has 0 bridgehead atoms. The maximum Gasteiger partial charge on any atom is 0.263 e. The van der Waals surface area contributed by atoms with Crippen molar-refractivity contribution in [3.8, 4) is 11.1 Å². The van der Waals surface area contributed by atoms with E-state index in [1.165, 1.54) is 22.2 Å². The van der Waals surface area contributed by atoms with Crippen LogP contribution in [0.25, 0.3) is 21.3 Å². The van der Waals surface area contributed by atoms with E-state index in [9.17, 15) is 9.59 Å². The zero-order valence-electron chi connectivity index (χ0n) is 14.4. The third kappa shape index (κ3) is 3.73. The summed E-state index contributed by atoms with van der Waals surface area (Å²) in [6.45, 7) is -0.150. The zero-order chi connectivity index (χ0) is 19.7. The Kier molecular flexibility index (Phi) is 5.30. The summed E-state index contributed by atoms with van der Waals surface area (Å²) in [6.07, 6.45) is 1.40. The number of hydrogen-bond acceptors (Lipinski definition) is 4. The van der Waals surface area contributed by atoms with Gasteiger partial charge in [-0.15, -0.1) is 11.3 Å². The molecule has 0 aliphatic rings. The Bertz CT molecular complexity index is 1230. The number of halogens is 2. The van der Waals surface area contributed by atoms with E-state index in [0.717, 1.165) is 15.6 Å². The van der Waals surface area contributed by atoms with Gasteiger partial charge in [-0.25, -0.2) is 4.98 Å². The summed E-state index contributed by atoms with van der Waals surface area (Å²) < 4.78 is 2.27. The molecule has 0 unspecified atom stereocenters. The molecule has 4 rings (SSSR count). The van der Waals surface area contributed by atoms with Gasteiger partial charge >= 0.3 is 0 Å². The van der Waals surface area contributed by atoms with Crippen LogP contribution in [-0.2, 0) is 11.3 Å². The maximum atomic E-state index is 13.0. The minimum Gasteiger partial charge on any atom is -0.323 e. The molecule has 0 saturated heterocycles. The normalized spacial score (nSPS) is 10.9. The molecule has 0 radical (unpaired) electrons. The van der Waals surface area contributed by atoms with Crippen molar-refractivity contribution >= 4 is 60.7 Å². The quantitative estimate of drug-likeness (QED) is 0.443. The molecule has 0 fully saturated rings. The standard InChI is InChI=1S/C20H13BrClN3O2S/c21-13-7-5-12(6-8-13)14-10-28-19-18(14)20(27)25(11-23-19)9-17(26)24-16-4-2-1-3-15(16)22/h1-8,10-11H,9H2,(H,24,26). The molecule has 8 heteroatoms. The SMILES string of the molecule is O=C(Cn1cnc2scc(-c3ccc(Br)cc3)c2c1=O)Nc1ccccc1Cl. The van der Waals surface area contributed by atoms with Gasteiger partial charge in [0.15, 0.2) is 0 Å². The number of thiophene rings is 1. The van der Waals surface area contributed by atoms with E-state index in [2.05, 4.69) is 26.2 Å². The fourth-order valence-electron chi connectivity index (χ4n) is 2.83. The van der Waals surface area contributed by atoms with Crippen LogP contribution in [0, 0.1) is 0 Å². The van der Waals surface area contributed by atoms with E-state index in [-0.39, 0.29) is 18.0 Å². The predicted molar refractivity (Wildman–Crippen MR) is 117 cm³/mol. The van der Waals surface area contributed by atoms with Crippen LogP contribution in [0.15, 0.2) is 69.5 Å².